The van der Waals surface area contributed by atoms with Crippen molar-refractivity contribution in [2.24, 2.45) is 5.41 Å². The lowest BCUT2D eigenvalue weighted by Crippen LogP contribution is -2.33. The van der Waals surface area contributed by atoms with E-state index in [1.165, 1.54) is 24.4 Å². The first kappa shape index (κ1) is 16.4. The molecule has 1 fully saturated rings. The van der Waals surface area contributed by atoms with Gasteiger partial charge in [-0.3, -0.25) is 9.69 Å². The van der Waals surface area contributed by atoms with Crippen LogP contribution in [0.25, 0.3) is 11.1 Å². The van der Waals surface area contributed by atoms with Gasteiger partial charge in [-0.1, -0.05) is 13.8 Å². The number of rotatable bonds is 3. The summed E-state index contributed by atoms with van der Waals surface area (Å²) in [5.41, 5.74) is 0.0389. The molecule has 7 heteroatoms. The third-order valence-corrected chi connectivity index (χ3v) is 4.12. The molecule has 0 radical (unpaired) electrons. The van der Waals surface area contributed by atoms with Gasteiger partial charge in [0, 0.05) is 42.6 Å². The standard InChI is InChI=1S/C17H17F2N3O2/c1-17(2)9-22(15(23)14(17)24-3)16-20-7-10(8-21-16)12-6-11(18)4-5-13(12)19/h4-8,14H,9H2,1-3H3/t14-/m1/s1. The second kappa shape index (κ2) is 5.90. The number of anilines is 1. The van der Waals surface area contributed by atoms with Crippen LogP contribution in [0.15, 0.2) is 30.6 Å². The fraction of sp³-hybridized carbons (Fsp3) is 0.353. The average molecular weight is 333 g/mol. The summed E-state index contributed by atoms with van der Waals surface area (Å²) in [6, 6.07) is 3.18. The minimum absolute atomic E-state index is 0.0735. The van der Waals surface area contributed by atoms with Crippen LogP contribution in [0.2, 0.25) is 0 Å². The Labute approximate surface area is 138 Å². The molecule has 0 bridgehead atoms. The summed E-state index contributed by atoms with van der Waals surface area (Å²) in [6.45, 7) is 4.27. The lowest BCUT2D eigenvalue weighted by Gasteiger charge is -2.21. The third-order valence-electron chi connectivity index (χ3n) is 4.12. The summed E-state index contributed by atoms with van der Waals surface area (Å²) >= 11 is 0. The fourth-order valence-electron chi connectivity index (χ4n) is 2.95. The number of benzene rings is 1. The Balaban J connectivity index is 1.91. The molecular weight excluding hydrogens is 316 g/mol. The molecule has 126 valence electrons. The second-order valence-electron chi connectivity index (χ2n) is 6.42. The molecule has 5 nitrogen and oxygen atoms in total. The van der Waals surface area contributed by atoms with Crippen molar-refractivity contribution in [2.75, 3.05) is 18.6 Å². The molecule has 1 aliphatic rings. The Morgan fingerprint density at radius 2 is 1.92 bits per heavy atom. The Bertz CT molecular complexity index is 778. The normalized spacial score (nSPS) is 19.8. The van der Waals surface area contributed by atoms with E-state index < -0.39 is 17.7 Å². The number of amides is 1. The number of aromatic nitrogens is 2. The highest BCUT2D eigenvalue weighted by Gasteiger charge is 2.48. The largest absolute Gasteiger partial charge is 0.371 e. The number of hydrogen-bond donors (Lipinski definition) is 0. The Morgan fingerprint density at radius 1 is 1.25 bits per heavy atom. The summed E-state index contributed by atoms with van der Waals surface area (Å²) in [5.74, 6) is -1.11. The molecule has 0 unspecified atom stereocenters. The third kappa shape index (κ3) is 2.75. The fourth-order valence-corrected chi connectivity index (χ4v) is 2.95. The van der Waals surface area contributed by atoms with E-state index in [-0.39, 0.29) is 22.8 Å². The first-order valence-electron chi connectivity index (χ1n) is 7.45. The van der Waals surface area contributed by atoms with Crippen molar-refractivity contribution < 1.29 is 18.3 Å². The van der Waals surface area contributed by atoms with Gasteiger partial charge in [0.1, 0.15) is 17.7 Å². The Kier molecular flexibility index (Phi) is 4.04. The van der Waals surface area contributed by atoms with Gasteiger partial charge in [-0.15, -0.1) is 0 Å². The summed E-state index contributed by atoms with van der Waals surface area (Å²) in [6.07, 6.45) is 2.18. The summed E-state index contributed by atoms with van der Waals surface area (Å²) < 4.78 is 32.4. The number of carbonyl (C=O) groups is 1. The van der Waals surface area contributed by atoms with Gasteiger partial charge in [-0.25, -0.2) is 18.7 Å². The smallest absolute Gasteiger partial charge is 0.259 e. The lowest BCUT2D eigenvalue weighted by molar-refractivity contribution is -0.128. The summed E-state index contributed by atoms with van der Waals surface area (Å²) in [4.78, 5) is 22.1. The van der Waals surface area contributed by atoms with Gasteiger partial charge in [-0.2, -0.15) is 0 Å². The first-order valence-corrected chi connectivity index (χ1v) is 7.45. The molecule has 2 heterocycles. The van der Waals surface area contributed by atoms with Crippen LogP contribution in [-0.4, -0.2) is 35.6 Å². The molecule has 1 aliphatic heterocycles. The molecule has 0 N–H and O–H groups in total. The molecule has 1 amide bonds. The SMILES string of the molecule is CO[C@@H]1C(=O)N(c2ncc(-c3cc(F)ccc3F)cn2)CC1(C)C. The number of ether oxygens (including phenoxy) is 1. The van der Waals surface area contributed by atoms with Gasteiger partial charge in [0.2, 0.25) is 5.95 Å². The summed E-state index contributed by atoms with van der Waals surface area (Å²) in [5, 5.41) is 0. The molecule has 2 aromatic rings. The van der Waals surface area contributed by atoms with E-state index in [2.05, 4.69) is 9.97 Å². The van der Waals surface area contributed by atoms with E-state index >= 15 is 0 Å². The number of hydrogen-bond acceptors (Lipinski definition) is 4. The second-order valence-corrected chi connectivity index (χ2v) is 6.42. The van der Waals surface area contributed by atoms with E-state index in [0.717, 1.165) is 18.2 Å². The van der Waals surface area contributed by atoms with E-state index in [4.69, 9.17) is 4.74 Å². The first-order chi connectivity index (χ1) is 11.3. The number of halogens is 2. The van der Waals surface area contributed by atoms with Crippen molar-refractivity contribution in [3.05, 3.63) is 42.2 Å². The van der Waals surface area contributed by atoms with Gasteiger partial charge in [0.15, 0.2) is 0 Å². The van der Waals surface area contributed by atoms with Crippen LogP contribution < -0.4 is 4.90 Å². The molecule has 24 heavy (non-hydrogen) atoms. The topological polar surface area (TPSA) is 55.3 Å². The molecule has 0 saturated carbocycles. The van der Waals surface area contributed by atoms with Crippen LogP contribution in [0.5, 0.6) is 0 Å². The van der Waals surface area contributed by atoms with Crippen molar-refractivity contribution in [1.29, 1.82) is 0 Å². The van der Waals surface area contributed by atoms with Crippen molar-refractivity contribution >= 4 is 11.9 Å². The van der Waals surface area contributed by atoms with Gasteiger partial charge in [0.05, 0.1) is 0 Å². The zero-order valence-electron chi connectivity index (χ0n) is 13.6. The van der Waals surface area contributed by atoms with Crippen LogP contribution in [0.4, 0.5) is 14.7 Å². The van der Waals surface area contributed by atoms with Crippen LogP contribution in [0, 0.1) is 17.0 Å². The highest BCUT2D eigenvalue weighted by Crippen LogP contribution is 2.34. The highest BCUT2D eigenvalue weighted by molar-refractivity contribution is 5.98. The maximum Gasteiger partial charge on any atom is 0.259 e. The van der Waals surface area contributed by atoms with Gasteiger partial charge in [-0.05, 0) is 18.2 Å². The van der Waals surface area contributed by atoms with Crippen LogP contribution in [0.3, 0.4) is 0 Å². The maximum absolute atomic E-state index is 13.8. The van der Waals surface area contributed by atoms with Crippen molar-refractivity contribution in [2.45, 2.75) is 20.0 Å². The lowest BCUT2D eigenvalue weighted by atomic mass is 9.90. The molecular formula is C17H17F2N3O2. The minimum atomic E-state index is -0.568. The van der Waals surface area contributed by atoms with Crippen LogP contribution in [-0.2, 0) is 9.53 Å². The van der Waals surface area contributed by atoms with E-state index in [1.807, 2.05) is 13.8 Å². The molecule has 1 atom stereocenters. The van der Waals surface area contributed by atoms with Crippen LogP contribution in [0.1, 0.15) is 13.8 Å². The van der Waals surface area contributed by atoms with Crippen molar-refractivity contribution in [3.63, 3.8) is 0 Å². The molecule has 1 aromatic heterocycles. The molecule has 1 saturated heterocycles. The van der Waals surface area contributed by atoms with E-state index in [1.54, 1.807) is 0 Å². The maximum atomic E-state index is 13.8. The monoisotopic (exact) mass is 333 g/mol. The Morgan fingerprint density at radius 3 is 2.50 bits per heavy atom. The predicted molar refractivity (Wildman–Crippen MR) is 84.3 cm³/mol. The molecule has 0 spiro atoms. The number of carbonyl (C=O) groups excluding carboxylic acids is 1. The summed E-state index contributed by atoms with van der Waals surface area (Å²) in [7, 11) is 1.49. The van der Waals surface area contributed by atoms with Gasteiger partial charge < -0.3 is 4.74 Å². The van der Waals surface area contributed by atoms with Crippen molar-refractivity contribution in [3.8, 4) is 11.1 Å². The molecule has 3 rings (SSSR count). The molecule has 1 aromatic carbocycles. The highest BCUT2D eigenvalue weighted by atomic mass is 19.1. The van der Waals surface area contributed by atoms with Gasteiger partial charge in [0.25, 0.3) is 5.91 Å². The quantitative estimate of drug-likeness (QED) is 0.867. The van der Waals surface area contributed by atoms with Crippen molar-refractivity contribution in [1.82, 2.24) is 9.97 Å². The molecule has 0 aliphatic carbocycles. The van der Waals surface area contributed by atoms with Gasteiger partial charge >= 0.3 is 0 Å². The zero-order valence-corrected chi connectivity index (χ0v) is 13.6. The van der Waals surface area contributed by atoms with Crippen LogP contribution >= 0.6 is 0 Å². The Hall–Kier alpha value is -2.41. The average Bonchev–Trinajstić information content (AvgIpc) is 2.79. The predicted octanol–water partition coefficient (Wildman–Crippen LogP) is 2.81. The number of methoxy groups -OCH3 is 1. The minimum Gasteiger partial charge on any atom is -0.371 e. The van der Waals surface area contributed by atoms with E-state index in [0.29, 0.717) is 12.1 Å². The zero-order chi connectivity index (χ0) is 17.5. The number of nitrogens with zero attached hydrogens (tertiary/aromatic N) is 3. The van der Waals surface area contributed by atoms with E-state index in [9.17, 15) is 13.6 Å².